The number of aromatic nitrogens is 3. The minimum atomic E-state index is -0.138. The highest BCUT2D eigenvalue weighted by Crippen LogP contribution is 2.39. The van der Waals surface area contributed by atoms with E-state index in [-0.39, 0.29) is 11.2 Å². The molecule has 23 heavy (non-hydrogen) atoms. The van der Waals surface area contributed by atoms with Gasteiger partial charge in [-0.15, -0.1) is 10.2 Å². The van der Waals surface area contributed by atoms with E-state index in [1.165, 1.54) is 37.4 Å². The van der Waals surface area contributed by atoms with Crippen LogP contribution in [0.1, 0.15) is 64.7 Å². The van der Waals surface area contributed by atoms with Gasteiger partial charge in [-0.2, -0.15) is 0 Å². The van der Waals surface area contributed by atoms with Gasteiger partial charge in [-0.25, -0.2) is 0 Å². The molecule has 128 valence electrons. The molecule has 3 rings (SSSR count). The van der Waals surface area contributed by atoms with Gasteiger partial charge in [0.25, 0.3) is 0 Å². The Bertz CT molecular complexity index is 569. The van der Waals surface area contributed by atoms with Crippen molar-refractivity contribution in [1.82, 2.24) is 20.1 Å². The van der Waals surface area contributed by atoms with Gasteiger partial charge in [0.15, 0.2) is 5.16 Å². The number of aryl methyl sites for hydroxylation is 1. The fourth-order valence-electron chi connectivity index (χ4n) is 3.48. The Morgan fingerprint density at radius 3 is 2.70 bits per heavy atom. The minimum Gasteiger partial charge on any atom is -0.352 e. The van der Waals surface area contributed by atoms with E-state index >= 15 is 0 Å². The molecule has 4 atom stereocenters. The molecule has 1 aromatic heterocycles. The predicted octanol–water partition coefficient (Wildman–Crippen LogP) is 3.34. The second kappa shape index (κ2) is 6.83. The zero-order valence-corrected chi connectivity index (χ0v) is 15.4. The predicted molar refractivity (Wildman–Crippen MR) is 92.5 cm³/mol. The van der Waals surface area contributed by atoms with Crippen LogP contribution in [-0.2, 0) is 4.79 Å². The smallest absolute Gasteiger partial charge is 0.233 e. The van der Waals surface area contributed by atoms with E-state index in [4.69, 9.17) is 0 Å². The highest BCUT2D eigenvalue weighted by molar-refractivity contribution is 8.00. The van der Waals surface area contributed by atoms with Gasteiger partial charge in [-0.3, -0.25) is 4.79 Å². The molecule has 0 bridgehead atoms. The molecular weight excluding hydrogens is 308 g/mol. The maximum absolute atomic E-state index is 12.6. The zero-order chi connectivity index (χ0) is 16.6. The average Bonchev–Trinajstić information content (AvgIpc) is 3.28. The number of nitrogens with zero attached hydrogens (tertiary/aromatic N) is 3. The zero-order valence-electron chi connectivity index (χ0n) is 14.6. The van der Waals surface area contributed by atoms with Crippen molar-refractivity contribution in [3.63, 3.8) is 0 Å². The van der Waals surface area contributed by atoms with E-state index in [0.717, 1.165) is 17.4 Å². The molecule has 6 heteroatoms. The molecule has 0 unspecified atom stereocenters. The summed E-state index contributed by atoms with van der Waals surface area (Å²) in [7, 11) is 0. The van der Waals surface area contributed by atoms with Crippen LogP contribution in [0.5, 0.6) is 0 Å². The van der Waals surface area contributed by atoms with Crippen LogP contribution in [0.25, 0.3) is 0 Å². The van der Waals surface area contributed by atoms with Crippen LogP contribution in [0.4, 0.5) is 0 Å². The first kappa shape index (κ1) is 16.8. The number of carbonyl (C=O) groups is 1. The van der Waals surface area contributed by atoms with Crippen molar-refractivity contribution in [1.29, 1.82) is 0 Å². The molecular formula is C17H28N4OS. The Balaban J connectivity index is 1.59. The highest BCUT2D eigenvalue weighted by Gasteiger charge is 2.32. The van der Waals surface area contributed by atoms with Crippen molar-refractivity contribution >= 4 is 17.7 Å². The standard InChI is InChI=1S/C17H28N4OS/c1-10-6-5-7-15(11(10)2)18-16(22)12(3)23-17-20-19-13(4)21(17)14-8-9-14/h10-12,14-15H,5-9H2,1-4H3,(H,18,22)/t10-,11-,12-,15-/m0/s1. The molecule has 0 aromatic carbocycles. The van der Waals surface area contributed by atoms with Gasteiger partial charge in [-0.1, -0.05) is 38.5 Å². The van der Waals surface area contributed by atoms with Crippen molar-refractivity contribution in [3.05, 3.63) is 5.82 Å². The lowest BCUT2D eigenvalue weighted by atomic mass is 9.78. The average molecular weight is 337 g/mol. The van der Waals surface area contributed by atoms with E-state index in [9.17, 15) is 4.79 Å². The normalized spacial score (nSPS) is 29.3. The Labute approximate surface area is 143 Å². The number of hydrogen-bond acceptors (Lipinski definition) is 4. The third kappa shape index (κ3) is 3.73. The summed E-state index contributed by atoms with van der Waals surface area (Å²) >= 11 is 1.54. The summed E-state index contributed by atoms with van der Waals surface area (Å²) in [4.78, 5) is 12.6. The first-order chi connectivity index (χ1) is 11.0. The fourth-order valence-corrected chi connectivity index (χ4v) is 4.45. The van der Waals surface area contributed by atoms with Gasteiger partial charge in [0, 0.05) is 12.1 Å². The fraction of sp³-hybridized carbons (Fsp3) is 0.824. The van der Waals surface area contributed by atoms with Gasteiger partial charge in [-0.05, 0) is 44.9 Å². The molecule has 1 heterocycles. The molecule has 2 saturated carbocycles. The maximum Gasteiger partial charge on any atom is 0.233 e. The molecule has 0 radical (unpaired) electrons. The van der Waals surface area contributed by atoms with Gasteiger partial charge >= 0.3 is 0 Å². The third-order valence-electron chi connectivity index (χ3n) is 5.43. The minimum absolute atomic E-state index is 0.129. The molecule has 2 aliphatic carbocycles. The Morgan fingerprint density at radius 2 is 2.00 bits per heavy atom. The van der Waals surface area contributed by atoms with Gasteiger partial charge in [0.2, 0.25) is 5.91 Å². The summed E-state index contributed by atoms with van der Waals surface area (Å²) in [5.74, 6) is 2.33. The lowest BCUT2D eigenvalue weighted by molar-refractivity contribution is -0.121. The summed E-state index contributed by atoms with van der Waals surface area (Å²) in [6.07, 6.45) is 6.00. The number of carbonyl (C=O) groups excluding carboxylic acids is 1. The van der Waals surface area contributed by atoms with Crippen molar-refractivity contribution in [2.75, 3.05) is 0 Å². The summed E-state index contributed by atoms with van der Waals surface area (Å²) < 4.78 is 2.19. The van der Waals surface area contributed by atoms with E-state index in [1.54, 1.807) is 0 Å². The first-order valence-corrected chi connectivity index (χ1v) is 9.74. The van der Waals surface area contributed by atoms with Gasteiger partial charge in [0.1, 0.15) is 5.82 Å². The molecule has 2 aliphatic rings. The molecule has 5 nitrogen and oxygen atoms in total. The van der Waals surface area contributed by atoms with Crippen molar-refractivity contribution < 1.29 is 4.79 Å². The number of amides is 1. The monoisotopic (exact) mass is 336 g/mol. The van der Waals surface area contributed by atoms with E-state index in [1.807, 2.05) is 13.8 Å². The summed E-state index contributed by atoms with van der Waals surface area (Å²) in [6, 6.07) is 0.860. The van der Waals surface area contributed by atoms with E-state index < -0.39 is 0 Å². The molecule has 0 aliphatic heterocycles. The number of rotatable bonds is 5. The Kier molecular flexibility index (Phi) is 4.99. The van der Waals surface area contributed by atoms with Crippen molar-refractivity contribution in [2.45, 2.75) is 82.3 Å². The molecule has 0 saturated heterocycles. The SMILES string of the molecule is Cc1nnc(S[C@@H](C)C(=O)N[C@H]2CCC[C@H](C)[C@@H]2C)n1C1CC1. The third-order valence-corrected chi connectivity index (χ3v) is 6.49. The topological polar surface area (TPSA) is 59.8 Å². The lowest BCUT2D eigenvalue weighted by Crippen LogP contribution is -2.46. The quantitative estimate of drug-likeness (QED) is 0.838. The van der Waals surface area contributed by atoms with E-state index in [0.29, 0.717) is 23.9 Å². The number of nitrogens with one attached hydrogen (secondary N) is 1. The van der Waals surface area contributed by atoms with Gasteiger partial charge in [0.05, 0.1) is 5.25 Å². The van der Waals surface area contributed by atoms with Crippen LogP contribution in [0.2, 0.25) is 0 Å². The molecule has 2 fully saturated rings. The molecule has 0 spiro atoms. The highest BCUT2D eigenvalue weighted by atomic mass is 32.2. The summed E-state index contributed by atoms with van der Waals surface area (Å²) in [5.41, 5.74) is 0. The number of hydrogen-bond donors (Lipinski definition) is 1. The second-order valence-electron chi connectivity index (χ2n) is 7.27. The Hall–Kier alpha value is -1.04. The molecule has 1 N–H and O–H groups in total. The first-order valence-electron chi connectivity index (χ1n) is 8.86. The van der Waals surface area contributed by atoms with Crippen LogP contribution in [0.15, 0.2) is 5.16 Å². The number of thioether (sulfide) groups is 1. The molecule has 1 aromatic rings. The lowest BCUT2D eigenvalue weighted by Gasteiger charge is -2.35. The second-order valence-corrected chi connectivity index (χ2v) is 8.58. The van der Waals surface area contributed by atoms with Crippen LogP contribution >= 0.6 is 11.8 Å². The van der Waals surface area contributed by atoms with Crippen LogP contribution in [0, 0.1) is 18.8 Å². The van der Waals surface area contributed by atoms with Crippen molar-refractivity contribution in [2.24, 2.45) is 11.8 Å². The van der Waals surface area contributed by atoms with Crippen molar-refractivity contribution in [3.8, 4) is 0 Å². The Morgan fingerprint density at radius 1 is 1.26 bits per heavy atom. The largest absolute Gasteiger partial charge is 0.352 e. The summed E-state index contributed by atoms with van der Waals surface area (Å²) in [6.45, 7) is 8.52. The van der Waals surface area contributed by atoms with E-state index in [2.05, 4.69) is 33.9 Å². The molecule has 1 amide bonds. The van der Waals surface area contributed by atoms with Gasteiger partial charge < -0.3 is 9.88 Å². The van der Waals surface area contributed by atoms with Crippen LogP contribution in [0.3, 0.4) is 0 Å². The van der Waals surface area contributed by atoms with Crippen LogP contribution < -0.4 is 5.32 Å². The summed E-state index contributed by atoms with van der Waals surface area (Å²) in [5, 5.41) is 12.5. The van der Waals surface area contributed by atoms with Crippen LogP contribution in [-0.4, -0.2) is 32.0 Å². The maximum atomic E-state index is 12.6.